The molecule has 0 bridgehead atoms. The van der Waals surface area contributed by atoms with Crippen molar-refractivity contribution < 1.29 is 9.59 Å². The molecular weight excluding hydrogens is 202 g/mol. The first-order chi connectivity index (χ1) is 7.52. The second-order valence-electron chi connectivity index (χ2n) is 5.13. The number of hydrogen-bond donors (Lipinski definition) is 1. The molecule has 1 aliphatic rings. The van der Waals surface area contributed by atoms with Crippen LogP contribution in [-0.4, -0.2) is 17.7 Å². The SMILES string of the molecule is CC(=O)NC(C(=O)C(C)C)C1CCCCC1. The molecule has 0 spiro atoms. The van der Waals surface area contributed by atoms with Crippen LogP contribution in [0.2, 0.25) is 0 Å². The molecule has 1 aliphatic carbocycles. The van der Waals surface area contributed by atoms with E-state index in [0.29, 0.717) is 5.92 Å². The third kappa shape index (κ3) is 3.62. The molecule has 0 aromatic carbocycles. The summed E-state index contributed by atoms with van der Waals surface area (Å²) < 4.78 is 0. The third-order valence-corrected chi connectivity index (χ3v) is 3.36. The van der Waals surface area contributed by atoms with Crippen molar-refractivity contribution in [3.8, 4) is 0 Å². The highest BCUT2D eigenvalue weighted by atomic mass is 16.2. The number of amides is 1. The van der Waals surface area contributed by atoms with Crippen molar-refractivity contribution in [3.63, 3.8) is 0 Å². The van der Waals surface area contributed by atoms with Crippen LogP contribution in [0.15, 0.2) is 0 Å². The number of hydrogen-bond acceptors (Lipinski definition) is 2. The Hall–Kier alpha value is -0.860. The lowest BCUT2D eigenvalue weighted by Gasteiger charge is -2.30. The van der Waals surface area contributed by atoms with Crippen molar-refractivity contribution >= 4 is 11.7 Å². The van der Waals surface area contributed by atoms with Crippen LogP contribution in [0.5, 0.6) is 0 Å². The quantitative estimate of drug-likeness (QED) is 0.798. The Morgan fingerprint density at radius 1 is 1.12 bits per heavy atom. The van der Waals surface area contributed by atoms with E-state index in [1.54, 1.807) is 0 Å². The minimum absolute atomic E-state index is 0.00113. The van der Waals surface area contributed by atoms with E-state index in [0.717, 1.165) is 12.8 Å². The lowest BCUT2D eigenvalue weighted by molar-refractivity contribution is -0.130. The lowest BCUT2D eigenvalue weighted by atomic mass is 9.80. The minimum Gasteiger partial charge on any atom is -0.346 e. The van der Waals surface area contributed by atoms with Gasteiger partial charge in [-0.1, -0.05) is 33.1 Å². The molecule has 0 radical (unpaired) electrons. The van der Waals surface area contributed by atoms with Crippen LogP contribution >= 0.6 is 0 Å². The molecule has 0 aliphatic heterocycles. The van der Waals surface area contributed by atoms with E-state index in [9.17, 15) is 9.59 Å². The zero-order valence-corrected chi connectivity index (χ0v) is 10.6. The van der Waals surface area contributed by atoms with Crippen molar-refractivity contribution in [1.82, 2.24) is 5.32 Å². The Balaban J connectivity index is 2.68. The Morgan fingerprint density at radius 3 is 2.12 bits per heavy atom. The number of nitrogens with one attached hydrogen (secondary N) is 1. The summed E-state index contributed by atoms with van der Waals surface area (Å²) >= 11 is 0. The topological polar surface area (TPSA) is 46.2 Å². The molecule has 0 saturated heterocycles. The summed E-state index contributed by atoms with van der Waals surface area (Å²) in [6.45, 7) is 5.30. The summed E-state index contributed by atoms with van der Waals surface area (Å²) in [4.78, 5) is 23.2. The Bertz CT molecular complexity index is 255. The standard InChI is InChI=1S/C13H23NO2/c1-9(2)13(16)12(14-10(3)15)11-7-5-4-6-8-11/h9,11-12H,4-8H2,1-3H3,(H,14,15). The van der Waals surface area contributed by atoms with Gasteiger partial charge in [-0.3, -0.25) is 9.59 Å². The average molecular weight is 225 g/mol. The summed E-state index contributed by atoms with van der Waals surface area (Å²) in [5, 5.41) is 2.84. The van der Waals surface area contributed by atoms with E-state index in [-0.39, 0.29) is 23.7 Å². The summed E-state index contributed by atoms with van der Waals surface area (Å²) in [6, 6.07) is -0.252. The maximum atomic E-state index is 12.1. The molecule has 0 aromatic heterocycles. The Kier molecular flexibility index (Phi) is 4.97. The first-order valence-corrected chi connectivity index (χ1v) is 6.33. The molecule has 3 nitrogen and oxygen atoms in total. The number of Topliss-reactive ketones (excluding diaryl/α,β-unsaturated/α-hetero) is 1. The maximum absolute atomic E-state index is 12.1. The maximum Gasteiger partial charge on any atom is 0.217 e. The summed E-state index contributed by atoms with van der Waals surface area (Å²) in [7, 11) is 0. The molecule has 0 aromatic rings. The van der Waals surface area contributed by atoms with Gasteiger partial charge < -0.3 is 5.32 Å². The van der Waals surface area contributed by atoms with Crippen LogP contribution in [0.1, 0.15) is 52.9 Å². The fraction of sp³-hybridized carbons (Fsp3) is 0.846. The lowest BCUT2D eigenvalue weighted by Crippen LogP contribution is -2.47. The number of carbonyl (C=O) groups excluding carboxylic acids is 2. The van der Waals surface area contributed by atoms with Gasteiger partial charge in [0.25, 0.3) is 0 Å². The Labute approximate surface area is 98.0 Å². The van der Waals surface area contributed by atoms with E-state index in [2.05, 4.69) is 5.32 Å². The van der Waals surface area contributed by atoms with Crippen LogP contribution in [0.4, 0.5) is 0 Å². The molecule has 1 unspecified atom stereocenters. The highest BCUT2D eigenvalue weighted by molar-refractivity contribution is 5.89. The summed E-state index contributed by atoms with van der Waals surface area (Å²) in [6.07, 6.45) is 5.78. The fourth-order valence-corrected chi connectivity index (χ4v) is 2.47. The number of ketones is 1. The number of carbonyl (C=O) groups is 2. The van der Waals surface area contributed by atoms with Crippen molar-refractivity contribution in [2.45, 2.75) is 58.9 Å². The van der Waals surface area contributed by atoms with Crippen LogP contribution < -0.4 is 5.32 Å². The molecule has 0 heterocycles. The van der Waals surface area contributed by atoms with E-state index < -0.39 is 0 Å². The molecule has 3 heteroatoms. The highest BCUT2D eigenvalue weighted by Crippen LogP contribution is 2.27. The van der Waals surface area contributed by atoms with Crippen molar-refractivity contribution in [2.75, 3.05) is 0 Å². The van der Waals surface area contributed by atoms with Gasteiger partial charge in [0, 0.05) is 12.8 Å². The molecule has 92 valence electrons. The van der Waals surface area contributed by atoms with E-state index in [1.165, 1.54) is 26.2 Å². The second kappa shape index (κ2) is 6.02. The largest absolute Gasteiger partial charge is 0.346 e. The molecule has 1 amide bonds. The molecule has 1 atom stereocenters. The van der Waals surface area contributed by atoms with Crippen molar-refractivity contribution in [1.29, 1.82) is 0 Å². The molecule has 1 rings (SSSR count). The van der Waals surface area contributed by atoms with Gasteiger partial charge >= 0.3 is 0 Å². The van der Waals surface area contributed by atoms with Gasteiger partial charge in [-0.25, -0.2) is 0 Å². The molecular formula is C13H23NO2. The van der Waals surface area contributed by atoms with Gasteiger partial charge in [0.05, 0.1) is 6.04 Å². The van der Waals surface area contributed by atoms with Gasteiger partial charge in [-0.15, -0.1) is 0 Å². The zero-order valence-electron chi connectivity index (χ0n) is 10.6. The van der Waals surface area contributed by atoms with Crippen LogP contribution in [-0.2, 0) is 9.59 Å². The smallest absolute Gasteiger partial charge is 0.217 e. The predicted octanol–water partition coefficient (Wildman–Crippen LogP) is 2.30. The predicted molar refractivity (Wildman–Crippen MR) is 64.0 cm³/mol. The Morgan fingerprint density at radius 2 is 1.69 bits per heavy atom. The highest BCUT2D eigenvalue weighted by Gasteiger charge is 2.31. The first-order valence-electron chi connectivity index (χ1n) is 6.33. The number of rotatable bonds is 4. The monoisotopic (exact) mass is 225 g/mol. The van der Waals surface area contributed by atoms with Crippen molar-refractivity contribution in [3.05, 3.63) is 0 Å². The van der Waals surface area contributed by atoms with Gasteiger partial charge in [-0.2, -0.15) is 0 Å². The zero-order chi connectivity index (χ0) is 12.1. The summed E-state index contributed by atoms with van der Waals surface area (Å²) in [5.41, 5.74) is 0. The normalized spacial score (nSPS) is 19.5. The molecule has 1 saturated carbocycles. The second-order valence-corrected chi connectivity index (χ2v) is 5.13. The van der Waals surface area contributed by atoms with E-state index in [1.807, 2.05) is 13.8 Å². The first kappa shape index (κ1) is 13.2. The van der Waals surface area contributed by atoms with Gasteiger partial charge in [0.15, 0.2) is 5.78 Å². The van der Waals surface area contributed by atoms with Crippen LogP contribution in [0.3, 0.4) is 0 Å². The van der Waals surface area contributed by atoms with Crippen LogP contribution in [0.25, 0.3) is 0 Å². The third-order valence-electron chi connectivity index (χ3n) is 3.36. The van der Waals surface area contributed by atoms with Crippen LogP contribution in [0, 0.1) is 11.8 Å². The van der Waals surface area contributed by atoms with Gasteiger partial charge in [0.1, 0.15) is 0 Å². The van der Waals surface area contributed by atoms with E-state index >= 15 is 0 Å². The van der Waals surface area contributed by atoms with E-state index in [4.69, 9.17) is 0 Å². The van der Waals surface area contributed by atoms with Crippen molar-refractivity contribution in [2.24, 2.45) is 11.8 Å². The van der Waals surface area contributed by atoms with Gasteiger partial charge in [-0.05, 0) is 18.8 Å². The average Bonchev–Trinajstić information content (AvgIpc) is 2.26. The minimum atomic E-state index is -0.252. The molecule has 1 fully saturated rings. The fourth-order valence-electron chi connectivity index (χ4n) is 2.47. The molecule has 16 heavy (non-hydrogen) atoms. The van der Waals surface area contributed by atoms with Gasteiger partial charge in [0.2, 0.25) is 5.91 Å². The molecule has 1 N–H and O–H groups in total. The summed E-state index contributed by atoms with van der Waals surface area (Å²) in [5.74, 6) is 0.443.